The largest absolute Gasteiger partial charge is 0.369 e. The summed E-state index contributed by atoms with van der Waals surface area (Å²) in [6.07, 6.45) is 2.58. The fraction of sp³-hybridized carbons (Fsp3) is 0.320. The van der Waals surface area contributed by atoms with Gasteiger partial charge in [-0.1, -0.05) is 18.5 Å². The summed E-state index contributed by atoms with van der Waals surface area (Å²) < 4.78 is 13.0. The third kappa shape index (κ3) is 4.70. The molecular formula is C25H25ClFN3O3S. The predicted octanol–water partition coefficient (Wildman–Crippen LogP) is 5.88. The monoisotopic (exact) mass is 501 g/mol. The van der Waals surface area contributed by atoms with Gasteiger partial charge >= 0.3 is 0 Å². The molecule has 2 aliphatic rings. The maximum atomic E-state index is 13.0. The molecule has 2 aromatic carbocycles. The van der Waals surface area contributed by atoms with Gasteiger partial charge in [-0.15, -0.1) is 0 Å². The summed E-state index contributed by atoms with van der Waals surface area (Å²) in [7, 11) is 2.04. The van der Waals surface area contributed by atoms with E-state index in [2.05, 4.69) is 31.0 Å². The molecule has 0 aliphatic carbocycles. The van der Waals surface area contributed by atoms with Crippen LogP contribution in [0.2, 0.25) is 5.02 Å². The molecule has 1 fully saturated rings. The van der Waals surface area contributed by atoms with Gasteiger partial charge in [0.25, 0.3) is 11.1 Å². The van der Waals surface area contributed by atoms with Crippen molar-refractivity contribution in [1.82, 2.24) is 4.90 Å². The maximum absolute atomic E-state index is 13.0. The molecule has 178 valence electrons. The van der Waals surface area contributed by atoms with Gasteiger partial charge in [0.05, 0.1) is 4.91 Å². The summed E-state index contributed by atoms with van der Waals surface area (Å²) >= 11 is 7.34. The van der Waals surface area contributed by atoms with Crippen LogP contribution >= 0.6 is 23.4 Å². The molecule has 0 radical (unpaired) electrons. The van der Waals surface area contributed by atoms with Crippen LogP contribution in [0.1, 0.15) is 44.2 Å². The van der Waals surface area contributed by atoms with Gasteiger partial charge in [0, 0.05) is 29.0 Å². The lowest BCUT2D eigenvalue weighted by atomic mass is 9.80. The summed E-state index contributed by atoms with van der Waals surface area (Å²) in [6, 6.07) is 9.10. The number of nitrogens with one attached hydrogen (secondary N) is 1. The summed E-state index contributed by atoms with van der Waals surface area (Å²) in [6.45, 7) is 6.11. The topological polar surface area (TPSA) is 69.7 Å². The Balaban J connectivity index is 1.54. The van der Waals surface area contributed by atoms with Crippen molar-refractivity contribution in [2.75, 3.05) is 23.8 Å². The van der Waals surface area contributed by atoms with Crippen molar-refractivity contribution in [3.63, 3.8) is 0 Å². The molecule has 6 nitrogen and oxygen atoms in total. The fourth-order valence-electron chi connectivity index (χ4n) is 4.37. The van der Waals surface area contributed by atoms with Crippen molar-refractivity contribution in [2.24, 2.45) is 0 Å². The number of hydrogen-bond acceptors (Lipinski definition) is 5. The van der Waals surface area contributed by atoms with Crippen LogP contribution in [0.5, 0.6) is 0 Å². The Morgan fingerprint density at radius 1 is 1.26 bits per heavy atom. The number of rotatable bonds is 4. The van der Waals surface area contributed by atoms with Crippen LogP contribution in [0.25, 0.3) is 6.08 Å². The number of halogens is 2. The maximum Gasteiger partial charge on any atom is 0.294 e. The van der Waals surface area contributed by atoms with Crippen molar-refractivity contribution >= 4 is 57.9 Å². The third-order valence-electron chi connectivity index (χ3n) is 6.34. The second kappa shape index (κ2) is 9.07. The minimum absolute atomic E-state index is 0.00555. The number of imide groups is 1. The SMILES string of the molecule is CC1CC(C)(C)N(C)c2cc(Cl)c(/C=C3\SC(=O)N(CC(=O)Nc4ccc(F)cc4)C3=O)cc21. The Kier molecular flexibility index (Phi) is 6.48. The van der Waals surface area contributed by atoms with E-state index in [0.717, 1.165) is 34.3 Å². The number of amides is 3. The molecule has 2 aliphatic heterocycles. The Bertz CT molecular complexity index is 1210. The van der Waals surface area contributed by atoms with Crippen molar-refractivity contribution in [2.45, 2.75) is 38.6 Å². The first-order valence-electron chi connectivity index (χ1n) is 10.8. The second-order valence-electron chi connectivity index (χ2n) is 9.23. The zero-order valence-electron chi connectivity index (χ0n) is 19.3. The van der Waals surface area contributed by atoms with E-state index < -0.39 is 29.4 Å². The van der Waals surface area contributed by atoms with Crippen LogP contribution in [-0.2, 0) is 9.59 Å². The number of anilines is 2. The number of hydrogen-bond donors (Lipinski definition) is 1. The Morgan fingerprint density at radius 3 is 2.62 bits per heavy atom. The Labute approximate surface area is 207 Å². The highest BCUT2D eigenvalue weighted by molar-refractivity contribution is 8.18. The number of carbonyl (C=O) groups excluding carboxylic acids is 3. The molecule has 4 rings (SSSR count). The molecule has 34 heavy (non-hydrogen) atoms. The van der Waals surface area contributed by atoms with Crippen molar-refractivity contribution < 1.29 is 18.8 Å². The molecule has 1 saturated heterocycles. The van der Waals surface area contributed by atoms with Gasteiger partial charge in [-0.05, 0) is 91.5 Å². The zero-order valence-corrected chi connectivity index (χ0v) is 20.9. The molecule has 1 unspecified atom stereocenters. The van der Waals surface area contributed by atoms with Crippen LogP contribution in [-0.4, -0.2) is 41.1 Å². The third-order valence-corrected chi connectivity index (χ3v) is 7.58. The van der Waals surface area contributed by atoms with Gasteiger partial charge in [-0.3, -0.25) is 19.3 Å². The van der Waals surface area contributed by atoms with E-state index in [1.165, 1.54) is 24.3 Å². The van der Waals surface area contributed by atoms with E-state index in [9.17, 15) is 18.8 Å². The quantitative estimate of drug-likeness (QED) is 0.530. The normalized spacial score (nSPS) is 20.6. The molecule has 1 N–H and O–H groups in total. The first kappa shape index (κ1) is 24.3. The number of carbonyl (C=O) groups is 3. The van der Waals surface area contributed by atoms with Crippen molar-refractivity contribution in [1.29, 1.82) is 0 Å². The van der Waals surface area contributed by atoms with Crippen LogP contribution in [0.15, 0.2) is 41.3 Å². The predicted molar refractivity (Wildman–Crippen MR) is 135 cm³/mol. The molecule has 2 aromatic rings. The van der Waals surface area contributed by atoms with Gasteiger partial charge in [0.1, 0.15) is 12.4 Å². The molecule has 0 saturated carbocycles. The number of nitrogens with zero attached hydrogens (tertiary/aromatic N) is 2. The summed E-state index contributed by atoms with van der Waals surface area (Å²) in [5.41, 5.74) is 3.21. The van der Waals surface area contributed by atoms with Crippen molar-refractivity contribution in [3.8, 4) is 0 Å². The highest BCUT2D eigenvalue weighted by atomic mass is 35.5. The Hall–Kier alpha value is -2.84. The highest BCUT2D eigenvalue weighted by Crippen LogP contribution is 2.45. The lowest BCUT2D eigenvalue weighted by Gasteiger charge is -2.45. The van der Waals surface area contributed by atoms with Gasteiger partial charge in [0.15, 0.2) is 0 Å². The summed E-state index contributed by atoms with van der Waals surface area (Å²) in [4.78, 5) is 41.0. The summed E-state index contributed by atoms with van der Waals surface area (Å²) in [5.74, 6) is -1.23. The van der Waals surface area contributed by atoms with E-state index >= 15 is 0 Å². The van der Waals surface area contributed by atoms with E-state index in [1.807, 2.05) is 19.2 Å². The highest BCUT2D eigenvalue weighted by Gasteiger charge is 2.37. The van der Waals surface area contributed by atoms with Crippen LogP contribution in [0.3, 0.4) is 0 Å². The van der Waals surface area contributed by atoms with Gasteiger partial charge in [0.2, 0.25) is 5.91 Å². The standard InChI is InChI=1S/C25H25ClFN3O3S/c1-14-12-25(2,3)29(4)20-11-19(26)15(9-18(14)20)10-21-23(32)30(24(33)34-21)13-22(31)28-17-7-5-16(27)6-8-17/h5-11,14H,12-13H2,1-4H3,(H,28,31)/b21-10-. The lowest BCUT2D eigenvalue weighted by Crippen LogP contribution is -2.45. The molecule has 1 atom stereocenters. The van der Waals surface area contributed by atoms with E-state index in [1.54, 1.807) is 6.08 Å². The minimum atomic E-state index is -0.554. The second-order valence-corrected chi connectivity index (χ2v) is 10.6. The smallest absolute Gasteiger partial charge is 0.294 e. The van der Waals surface area contributed by atoms with E-state index in [-0.39, 0.29) is 10.4 Å². The van der Waals surface area contributed by atoms with Crippen molar-refractivity contribution in [3.05, 3.63) is 63.3 Å². The molecule has 2 heterocycles. The molecule has 9 heteroatoms. The fourth-order valence-corrected chi connectivity index (χ4v) is 5.41. The molecular weight excluding hydrogens is 477 g/mol. The zero-order chi connectivity index (χ0) is 24.8. The summed E-state index contributed by atoms with van der Waals surface area (Å²) in [5, 5.41) is 2.50. The van der Waals surface area contributed by atoms with Crippen LogP contribution in [0, 0.1) is 5.82 Å². The first-order chi connectivity index (χ1) is 16.0. The van der Waals surface area contributed by atoms with Crippen LogP contribution < -0.4 is 10.2 Å². The number of thioether (sulfide) groups is 1. The van der Waals surface area contributed by atoms with E-state index in [0.29, 0.717) is 22.2 Å². The van der Waals surface area contributed by atoms with Gasteiger partial charge in [-0.25, -0.2) is 4.39 Å². The molecule has 0 aromatic heterocycles. The van der Waals surface area contributed by atoms with Crippen LogP contribution in [0.4, 0.5) is 20.6 Å². The first-order valence-corrected chi connectivity index (χ1v) is 12.0. The van der Waals surface area contributed by atoms with E-state index in [4.69, 9.17) is 11.6 Å². The Morgan fingerprint density at radius 2 is 1.94 bits per heavy atom. The molecule has 0 spiro atoms. The average Bonchev–Trinajstić information content (AvgIpc) is 3.02. The molecule has 0 bridgehead atoms. The lowest BCUT2D eigenvalue weighted by molar-refractivity contribution is -0.127. The number of fused-ring (bicyclic) bond motifs is 1. The minimum Gasteiger partial charge on any atom is -0.369 e. The van der Waals surface area contributed by atoms with Gasteiger partial charge in [-0.2, -0.15) is 0 Å². The number of benzene rings is 2. The molecule has 3 amide bonds. The average molecular weight is 502 g/mol. The van der Waals surface area contributed by atoms with Gasteiger partial charge < -0.3 is 10.2 Å².